The standard InChI is InChI=1S/C6H16N.C3H5NO.H2O4S/c1-5-6-7(2,3)4;1-2-3(4)5;1-5(2,3)4/h5-6H2,1-4H3;2H,1H2,(H2,4,5);(H2,1,2,3,4)/q+1;;. The van der Waals surface area contributed by atoms with Crippen LogP contribution in [0.4, 0.5) is 0 Å². The zero-order valence-electron chi connectivity index (χ0n) is 10.8. The zero-order chi connectivity index (χ0) is 14.7. The van der Waals surface area contributed by atoms with Gasteiger partial charge >= 0.3 is 10.4 Å². The minimum Gasteiger partial charge on any atom is -0.366 e. The third-order valence-electron chi connectivity index (χ3n) is 1.10. The lowest BCUT2D eigenvalue weighted by atomic mass is 10.4. The number of rotatable bonds is 3. The van der Waals surface area contributed by atoms with Crippen molar-refractivity contribution in [1.29, 1.82) is 0 Å². The van der Waals surface area contributed by atoms with E-state index in [1.807, 2.05) is 0 Å². The second-order valence-corrected chi connectivity index (χ2v) is 4.96. The van der Waals surface area contributed by atoms with Crippen molar-refractivity contribution in [2.45, 2.75) is 13.3 Å². The highest BCUT2D eigenvalue weighted by atomic mass is 32.3. The van der Waals surface area contributed by atoms with Gasteiger partial charge in [0.1, 0.15) is 0 Å². The Bertz CT molecular complexity index is 298. The molecule has 0 aliphatic carbocycles. The highest BCUT2D eigenvalue weighted by molar-refractivity contribution is 7.79. The number of nitrogens with two attached hydrogens (primary N) is 1. The molecule has 0 aliphatic heterocycles. The van der Waals surface area contributed by atoms with E-state index in [1.54, 1.807) is 0 Å². The van der Waals surface area contributed by atoms with Gasteiger partial charge < -0.3 is 10.2 Å². The fourth-order valence-corrected chi connectivity index (χ4v) is 0.671. The fraction of sp³-hybridized carbons (Fsp3) is 0.667. The highest BCUT2D eigenvalue weighted by Gasteiger charge is 2.01. The third-order valence-corrected chi connectivity index (χ3v) is 1.10. The second kappa shape index (κ2) is 10.2. The Hall–Kier alpha value is -0.960. The molecule has 0 radical (unpaired) electrons. The average molecular weight is 271 g/mol. The molecule has 7 nitrogen and oxygen atoms in total. The van der Waals surface area contributed by atoms with E-state index in [1.165, 1.54) is 13.0 Å². The molecule has 0 aromatic rings. The van der Waals surface area contributed by atoms with E-state index in [0.29, 0.717) is 0 Å². The topological polar surface area (TPSA) is 118 Å². The lowest BCUT2D eigenvalue weighted by molar-refractivity contribution is -0.870. The van der Waals surface area contributed by atoms with Crippen LogP contribution in [0.15, 0.2) is 12.7 Å². The number of amides is 1. The van der Waals surface area contributed by atoms with Gasteiger partial charge in [-0.2, -0.15) is 8.42 Å². The van der Waals surface area contributed by atoms with E-state index >= 15 is 0 Å². The monoisotopic (exact) mass is 271 g/mol. The summed E-state index contributed by atoms with van der Waals surface area (Å²) in [6, 6.07) is 0. The molecule has 0 fully saturated rings. The van der Waals surface area contributed by atoms with Gasteiger partial charge in [-0.25, -0.2) is 0 Å². The van der Waals surface area contributed by atoms with E-state index in [-0.39, 0.29) is 0 Å². The van der Waals surface area contributed by atoms with Crippen molar-refractivity contribution in [3.8, 4) is 0 Å². The summed E-state index contributed by atoms with van der Waals surface area (Å²) in [6.45, 7) is 6.58. The molecule has 0 aromatic heterocycles. The average Bonchev–Trinajstić information content (AvgIpc) is 1.99. The Labute approximate surface area is 103 Å². The number of hydrogen-bond acceptors (Lipinski definition) is 3. The molecule has 0 saturated heterocycles. The summed E-state index contributed by atoms with van der Waals surface area (Å²) in [5, 5.41) is 0. The molecular weight excluding hydrogens is 248 g/mol. The number of primary amides is 1. The molecule has 0 heterocycles. The molecule has 0 aromatic carbocycles. The van der Waals surface area contributed by atoms with Gasteiger partial charge in [0.2, 0.25) is 5.91 Å². The van der Waals surface area contributed by atoms with E-state index < -0.39 is 16.3 Å². The maximum atomic E-state index is 9.47. The quantitative estimate of drug-likeness (QED) is 0.382. The van der Waals surface area contributed by atoms with Crippen LogP contribution in [0.1, 0.15) is 13.3 Å². The van der Waals surface area contributed by atoms with Gasteiger partial charge in [-0.15, -0.1) is 0 Å². The normalized spacial score (nSPS) is 10.2. The first-order chi connectivity index (χ1) is 7.33. The number of carbonyl (C=O) groups is 1. The minimum atomic E-state index is -4.67. The van der Waals surface area contributed by atoms with Gasteiger partial charge in [0, 0.05) is 0 Å². The third kappa shape index (κ3) is 101. The van der Waals surface area contributed by atoms with Crippen LogP contribution in [-0.2, 0) is 15.2 Å². The molecule has 17 heavy (non-hydrogen) atoms. The first-order valence-corrected chi connectivity index (χ1v) is 6.15. The fourth-order valence-electron chi connectivity index (χ4n) is 0.671. The molecule has 8 heteroatoms. The molecule has 0 spiro atoms. The van der Waals surface area contributed by atoms with Gasteiger partial charge in [0.25, 0.3) is 0 Å². The lowest BCUT2D eigenvalue weighted by Crippen LogP contribution is -2.34. The van der Waals surface area contributed by atoms with Crippen LogP contribution >= 0.6 is 0 Å². The summed E-state index contributed by atoms with van der Waals surface area (Å²) in [4.78, 5) is 9.47. The SMILES string of the molecule is C=CC(N)=O.CCC[N+](C)(C)C.O=S(=O)(O)O. The Morgan fingerprint density at radius 1 is 1.35 bits per heavy atom. The summed E-state index contributed by atoms with van der Waals surface area (Å²) in [7, 11) is 1.97. The van der Waals surface area contributed by atoms with Crippen LogP contribution in [0.25, 0.3) is 0 Å². The van der Waals surface area contributed by atoms with Crippen LogP contribution < -0.4 is 5.73 Å². The molecule has 0 rings (SSSR count). The van der Waals surface area contributed by atoms with Crippen molar-refractivity contribution < 1.29 is 26.8 Å². The Balaban J connectivity index is -0.000000177. The molecule has 1 amide bonds. The van der Waals surface area contributed by atoms with Crippen molar-refractivity contribution in [2.24, 2.45) is 5.73 Å². The molecule has 104 valence electrons. The molecule has 0 unspecified atom stereocenters. The van der Waals surface area contributed by atoms with Gasteiger partial charge in [-0.1, -0.05) is 13.5 Å². The maximum absolute atomic E-state index is 9.47. The number of carbonyl (C=O) groups excluding carboxylic acids is 1. The van der Waals surface area contributed by atoms with Gasteiger partial charge in [0.05, 0.1) is 27.7 Å². The minimum absolute atomic E-state index is 0.481. The maximum Gasteiger partial charge on any atom is 0.394 e. The van der Waals surface area contributed by atoms with E-state index in [2.05, 4.69) is 40.4 Å². The van der Waals surface area contributed by atoms with Crippen molar-refractivity contribution >= 4 is 16.3 Å². The van der Waals surface area contributed by atoms with Crippen molar-refractivity contribution in [2.75, 3.05) is 27.7 Å². The van der Waals surface area contributed by atoms with Crippen LogP contribution in [-0.4, -0.2) is 55.6 Å². The largest absolute Gasteiger partial charge is 0.394 e. The zero-order valence-corrected chi connectivity index (χ0v) is 11.6. The Kier molecular flexibility index (Phi) is 12.8. The van der Waals surface area contributed by atoms with Crippen LogP contribution in [0.3, 0.4) is 0 Å². The van der Waals surface area contributed by atoms with E-state index in [9.17, 15) is 4.79 Å². The van der Waals surface area contributed by atoms with Crippen LogP contribution in [0.5, 0.6) is 0 Å². The predicted molar refractivity (Wildman–Crippen MR) is 66.8 cm³/mol. The summed E-state index contributed by atoms with van der Waals surface area (Å²) in [5.74, 6) is -0.481. The van der Waals surface area contributed by atoms with Gasteiger partial charge in [0.15, 0.2) is 0 Å². The summed E-state index contributed by atoms with van der Waals surface area (Å²) < 4.78 is 32.7. The molecule has 0 aliphatic rings. The van der Waals surface area contributed by atoms with Crippen LogP contribution in [0, 0.1) is 0 Å². The van der Waals surface area contributed by atoms with E-state index in [4.69, 9.17) is 17.5 Å². The molecule has 4 N–H and O–H groups in total. The Morgan fingerprint density at radius 2 is 1.59 bits per heavy atom. The lowest BCUT2D eigenvalue weighted by Gasteiger charge is -2.22. The second-order valence-electron chi connectivity index (χ2n) is 4.07. The summed E-state index contributed by atoms with van der Waals surface area (Å²) in [6.07, 6.45) is 2.34. The molecule has 0 saturated carbocycles. The molecule has 0 atom stereocenters. The number of quaternary nitrogens is 1. The smallest absolute Gasteiger partial charge is 0.366 e. The molecule has 0 bridgehead atoms. The van der Waals surface area contributed by atoms with Gasteiger partial charge in [-0.05, 0) is 12.5 Å². The van der Waals surface area contributed by atoms with Crippen molar-refractivity contribution in [1.82, 2.24) is 0 Å². The van der Waals surface area contributed by atoms with Gasteiger partial charge in [-0.3, -0.25) is 13.9 Å². The predicted octanol–water partition coefficient (Wildman–Crippen LogP) is 0.108. The summed E-state index contributed by atoms with van der Waals surface area (Å²) in [5.41, 5.74) is 4.53. The van der Waals surface area contributed by atoms with E-state index in [0.717, 1.165) is 10.6 Å². The molecular formula is C9H23N2O5S+. The first kappa shape index (κ1) is 21.3. The van der Waals surface area contributed by atoms with Crippen LogP contribution in [0.2, 0.25) is 0 Å². The van der Waals surface area contributed by atoms with Crippen molar-refractivity contribution in [3.63, 3.8) is 0 Å². The number of hydrogen-bond donors (Lipinski definition) is 3. The first-order valence-electron chi connectivity index (χ1n) is 4.75. The van der Waals surface area contributed by atoms with Crippen molar-refractivity contribution in [3.05, 3.63) is 12.7 Å². The Morgan fingerprint density at radius 3 is 1.59 bits per heavy atom. The highest BCUT2D eigenvalue weighted by Crippen LogP contribution is 1.90. The number of nitrogens with zero attached hydrogens (tertiary/aromatic N) is 1. The summed E-state index contributed by atoms with van der Waals surface area (Å²) >= 11 is 0.